The molecule has 0 spiro atoms. The van der Waals surface area contributed by atoms with E-state index in [1.54, 1.807) is 21.0 Å². The Bertz CT molecular complexity index is 1580. The van der Waals surface area contributed by atoms with Crippen LogP contribution in [0.15, 0.2) is 36.7 Å². The number of anilines is 1. The molecule has 3 N–H and O–H groups in total. The number of fused-ring (bicyclic) bond motifs is 3. The lowest BCUT2D eigenvalue weighted by atomic mass is 9.98. The number of carbonyl (C=O) groups is 1. The highest BCUT2D eigenvalue weighted by molar-refractivity contribution is 7.88. The van der Waals surface area contributed by atoms with Gasteiger partial charge >= 0.3 is 0 Å². The van der Waals surface area contributed by atoms with Crippen LogP contribution in [0.2, 0.25) is 0 Å². The molecular weight excluding hydrogens is 537 g/mol. The summed E-state index contributed by atoms with van der Waals surface area (Å²) in [6.07, 6.45) is 5.17. The number of halogens is 1. The summed E-state index contributed by atoms with van der Waals surface area (Å²) in [5.41, 5.74) is 1.36. The molecule has 2 fully saturated rings. The van der Waals surface area contributed by atoms with E-state index in [9.17, 15) is 28.0 Å². The first-order valence-corrected chi connectivity index (χ1v) is 15.0. The fourth-order valence-electron chi connectivity index (χ4n) is 5.69. The number of hydrogen-bond donors (Lipinski definition) is 3. The number of nitriles is 1. The molecule has 2 aliphatic rings. The van der Waals surface area contributed by atoms with Gasteiger partial charge in [-0.1, -0.05) is 0 Å². The Labute approximate surface area is 232 Å². The van der Waals surface area contributed by atoms with Crippen molar-refractivity contribution in [2.75, 3.05) is 18.1 Å². The number of pyridine rings is 1. The number of nitrogens with zero attached hydrogens (tertiary/aromatic N) is 5. The third kappa shape index (κ3) is 5.52. The minimum atomic E-state index is -3.32. The van der Waals surface area contributed by atoms with Gasteiger partial charge < -0.3 is 15.7 Å². The molecule has 3 aromatic rings. The zero-order valence-corrected chi connectivity index (χ0v) is 23.3. The van der Waals surface area contributed by atoms with Crippen LogP contribution in [-0.4, -0.2) is 81.0 Å². The van der Waals surface area contributed by atoms with Gasteiger partial charge in [0.15, 0.2) is 0 Å². The van der Waals surface area contributed by atoms with E-state index in [0.29, 0.717) is 41.0 Å². The molecule has 2 bridgehead atoms. The summed E-state index contributed by atoms with van der Waals surface area (Å²) in [5, 5.41) is 29.4. The maximum Gasteiger partial charge on any atom is 0.255 e. The Kier molecular flexibility index (Phi) is 7.28. The molecule has 5 rings (SSSR count). The van der Waals surface area contributed by atoms with Crippen molar-refractivity contribution in [3.63, 3.8) is 0 Å². The topological polar surface area (TPSA) is 153 Å². The Morgan fingerprint density at radius 2 is 1.95 bits per heavy atom. The van der Waals surface area contributed by atoms with Gasteiger partial charge in [0.2, 0.25) is 10.0 Å². The molecule has 2 unspecified atom stereocenters. The van der Waals surface area contributed by atoms with E-state index in [-0.39, 0.29) is 30.2 Å². The van der Waals surface area contributed by atoms with Crippen LogP contribution in [-0.2, 0) is 10.0 Å². The highest BCUT2D eigenvalue weighted by atomic mass is 32.2. The molecule has 40 heavy (non-hydrogen) atoms. The van der Waals surface area contributed by atoms with Crippen molar-refractivity contribution in [1.82, 2.24) is 24.2 Å². The summed E-state index contributed by atoms with van der Waals surface area (Å²) in [6, 6.07) is 8.81. The van der Waals surface area contributed by atoms with Gasteiger partial charge in [0.05, 0.1) is 58.3 Å². The van der Waals surface area contributed by atoms with Crippen molar-refractivity contribution in [3.8, 4) is 17.5 Å². The van der Waals surface area contributed by atoms with Gasteiger partial charge in [-0.3, -0.25) is 9.78 Å². The fraction of sp³-hybridized carbons (Fsp3) is 0.481. The third-order valence-corrected chi connectivity index (χ3v) is 9.02. The van der Waals surface area contributed by atoms with Crippen LogP contribution in [0.3, 0.4) is 0 Å². The van der Waals surface area contributed by atoms with Crippen LogP contribution in [0.5, 0.6) is 0 Å². The molecule has 2 saturated heterocycles. The zero-order valence-electron chi connectivity index (χ0n) is 22.5. The van der Waals surface area contributed by atoms with Gasteiger partial charge in [0.1, 0.15) is 12.2 Å². The first-order chi connectivity index (χ1) is 18.8. The predicted octanol–water partition coefficient (Wildman–Crippen LogP) is 2.47. The third-order valence-electron chi connectivity index (χ3n) is 7.66. The van der Waals surface area contributed by atoms with Crippen LogP contribution in [0.4, 0.5) is 10.1 Å². The second-order valence-electron chi connectivity index (χ2n) is 11.1. The number of aromatic nitrogens is 3. The number of alkyl halides is 1. The monoisotopic (exact) mass is 569 g/mol. The first kappa shape index (κ1) is 27.9. The molecule has 0 aliphatic carbocycles. The molecule has 5 heterocycles. The lowest BCUT2D eigenvalue weighted by Gasteiger charge is -2.38. The Morgan fingerprint density at radius 1 is 1.25 bits per heavy atom. The number of carbonyl (C=O) groups excluding carboxylic acids is 1. The zero-order chi connectivity index (χ0) is 28.8. The van der Waals surface area contributed by atoms with E-state index in [1.807, 2.05) is 12.1 Å². The second kappa shape index (κ2) is 10.4. The summed E-state index contributed by atoms with van der Waals surface area (Å²) in [7, 11) is -3.32. The number of aliphatic hydroxyl groups is 1. The summed E-state index contributed by atoms with van der Waals surface area (Å²) in [4.78, 5) is 17.7. The van der Waals surface area contributed by atoms with Gasteiger partial charge in [-0.25, -0.2) is 17.3 Å². The largest absolute Gasteiger partial charge is 0.387 e. The smallest absolute Gasteiger partial charge is 0.255 e. The highest BCUT2D eigenvalue weighted by Gasteiger charge is 2.45. The second-order valence-corrected chi connectivity index (χ2v) is 13.0. The van der Waals surface area contributed by atoms with Gasteiger partial charge in [-0.15, -0.1) is 0 Å². The molecule has 11 nitrogen and oxygen atoms in total. The average molecular weight is 570 g/mol. The lowest BCUT2D eigenvalue weighted by molar-refractivity contribution is -0.00177. The van der Waals surface area contributed by atoms with Crippen molar-refractivity contribution in [2.45, 2.75) is 69.4 Å². The Hall–Kier alpha value is -3.60. The van der Waals surface area contributed by atoms with Crippen LogP contribution in [0, 0.1) is 11.3 Å². The normalized spacial score (nSPS) is 22.1. The standard InChI is InChI=1S/C27H32FN7O4S/c1-27(2,37)25(28)15-31-26(36)21-14-30-23(24-7-6-18-8-16(12-29)13-32-34(18)24)11-22(21)33-17-9-19-4-5-20(10-17)35(19)40(3,38)39/h6-8,11,13-14,17,19-20,25,37H,4-5,9-10,15H2,1-3H3,(H,30,33)(H,31,36)/t17?,19-,20+,25?. The van der Waals surface area contributed by atoms with E-state index in [2.05, 4.69) is 26.8 Å². The predicted molar refractivity (Wildman–Crippen MR) is 147 cm³/mol. The van der Waals surface area contributed by atoms with Crippen molar-refractivity contribution in [1.29, 1.82) is 5.26 Å². The summed E-state index contributed by atoms with van der Waals surface area (Å²) < 4.78 is 42.3. The van der Waals surface area contributed by atoms with Gasteiger partial charge in [-0.2, -0.15) is 14.7 Å². The van der Waals surface area contributed by atoms with Gasteiger partial charge in [0, 0.05) is 24.3 Å². The molecule has 4 atom stereocenters. The minimum absolute atomic E-state index is 0.0945. The summed E-state index contributed by atoms with van der Waals surface area (Å²) >= 11 is 0. The van der Waals surface area contributed by atoms with Crippen molar-refractivity contribution in [2.24, 2.45) is 0 Å². The van der Waals surface area contributed by atoms with Gasteiger partial charge in [0.25, 0.3) is 5.91 Å². The molecular formula is C27H32FN7O4S. The summed E-state index contributed by atoms with van der Waals surface area (Å²) in [5.74, 6) is -0.554. The van der Waals surface area contributed by atoms with Crippen LogP contribution < -0.4 is 10.6 Å². The SMILES string of the molecule is CC(C)(O)C(F)CNC(=O)c1cnc(-c2ccc3cc(C#N)cnn23)cc1NC1C[C@H]2CC[C@@H](C1)N2S(C)(=O)=O. The summed E-state index contributed by atoms with van der Waals surface area (Å²) in [6.45, 7) is 2.29. The number of nitrogens with one attached hydrogen (secondary N) is 2. The molecule has 0 aromatic carbocycles. The first-order valence-electron chi connectivity index (χ1n) is 13.1. The van der Waals surface area contributed by atoms with E-state index < -0.39 is 27.7 Å². The number of piperidine rings is 1. The molecule has 2 aliphatic heterocycles. The Morgan fingerprint density at radius 3 is 2.58 bits per heavy atom. The average Bonchev–Trinajstić information content (AvgIpc) is 3.44. The van der Waals surface area contributed by atoms with Gasteiger partial charge in [-0.05, 0) is 63.8 Å². The molecule has 0 radical (unpaired) electrons. The van der Waals surface area contributed by atoms with E-state index in [4.69, 9.17) is 0 Å². The number of rotatable bonds is 8. The van der Waals surface area contributed by atoms with Crippen molar-refractivity contribution < 1.29 is 22.7 Å². The van der Waals surface area contributed by atoms with Crippen LogP contribution in [0.25, 0.3) is 16.9 Å². The van der Waals surface area contributed by atoms with E-state index in [1.165, 1.54) is 32.5 Å². The van der Waals surface area contributed by atoms with E-state index in [0.717, 1.165) is 12.8 Å². The van der Waals surface area contributed by atoms with Crippen LogP contribution >= 0.6 is 0 Å². The minimum Gasteiger partial charge on any atom is -0.387 e. The lowest BCUT2D eigenvalue weighted by Crippen LogP contribution is -2.49. The molecule has 1 amide bonds. The van der Waals surface area contributed by atoms with Crippen molar-refractivity contribution >= 4 is 27.1 Å². The highest BCUT2D eigenvalue weighted by Crippen LogP contribution is 2.39. The Balaban J connectivity index is 1.46. The maximum absolute atomic E-state index is 14.4. The van der Waals surface area contributed by atoms with Crippen molar-refractivity contribution in [3.05, 3.63) is 47.8 Å². The molecule has 13 heteroatoms. The van der Waals surface area contributed by atoms with E-state index >= 15 is 0 Å². The maximum atomic E-state index is 14.4. The molecule has 3 aromatic heterocycles. The number of sulfonamides is 1. The number of amides is 1. The fourth-order valence-corrected chi connectivity index (χ4v) is 7.16. The number of hydrogen-bond acceptors (Lipinski definition) is 8. The van der Waals surface area contributed by atoms with Crippen LogP contribution in [0.1, 0.15) is 55.5 Å². The molecule has 0 saturated carbocycles. The molecule has 212 valence electrons. The quantitative estimate of drug-likeness (QED) is 0.374.